The van der Waals surface area contributed by atoms with E-state index in [9.17, 15) is 4.39 Å². The van der Waals surface area contributed by atoms with E-state index in [0.29, 0.717) is 29.5 Å². The van der Waals surface area contributed by atoms with Crippen LogP contribution >= 0.6 is 0 Å². The van der Waals surface area contributed by atoms with Crippen molar-refractivity contribution in [3.05, 3.63) is 48.0 Å². The standard InChI is InChI=1S/C28H36FN5O2/c1-4-34-11-5-7-20-16-33(17-25(20)34)10-6-12-36-27-14-22-24(15-26(27)35-3)30-18-31-28(22)32-21-8-9-23(29)19(2)13-21/h8-9,13-15,18,20,25H,4-7,10-12,16-17H2,1-3H3,(H,30,31,32). The fraction of sp³-hybridized carbons (Fsp3) is 0.500. The minimum atomic E-state index is -0.232. The van der Waals surface area contributed by atoms with Gasteiger partial charge in [-0.3, -0.25) is 4.90 Å². The molecule has 1 aromatic heterocycles. The summed E-state index contributed by atoms with van der Waals surface area (Å²) in [6.07, 6.45) is 5.15. The summed E-state index contributed by atoms with van der Waals surface area (Å²) in [6.45, 7) is 10.5. The van der Waals surface area contributed by atoms with Gasteiger partial charge in [-0.2, -0.15) is 0 Å². The monoisotopic (exact) mass is 493 g/mol. The predicted octanol–water partition coefficient (Wildman–Crippen LogP) is 5.01. The molecule has 3 heterocycles. The number of benzene rings is 2. The lowest BCUT2D eigenvalue weighted by Crippen LogP contribution is -2.44. The topological polar surface area (TPSA) is 62.8 Å². The highest BCUT2D eigenvalue weighted by molar-refractivity contribution is 5.93. The van der Waals surface area contributed by atoms with Crippen LogP contribution in [0.1, 0.15) is 31.7 Å². The van der Waals surface area contributed by atoms with E-state index in [2.05, 4.69) is 32.0 Å². The first kappa shape index (κ1) is 24.7. The Morgan fingerprint density at radius 2 is 2.03 bits per heavy atom. The van der Waals surface area contributed by atoms with E-state index in [4.69, 9.17) is 9.47 Å². The summed E-state index contributed by atoms with van der Waals surface area (Å²) in [4.78, 5) is 14.1. The number of rotatable bonds is 9. The maximum absolute atomic E-state index is 13.7. The van der Waals surface area contributed by atoms with Gasteiger partial charge in [-0.15, -0.1) is 0 Å². The van der Waals surface area contributed by atoms with Gasteiger partial charge in [0.05, 0.1) is 19.2 Å². The Morgan fingerprint density at radius 3 is 2.83 bits per heavy atom. The second-order valence-electron chi connectivity index (χ2n) is 9.89. The summed E-state index contributed by atoms with van der Waals surface area (Å²) < 4.78 is 25.5. The van der Waals surface area contributed by atoms with Crippen molar-refractivity contribution in [3.63, 3.8) is 0 Å². The number of piperidine rings is 1. The van der Waals surface area contributed by atoms with Crippen LogP contribution in [0.5, 0.6) is 11.5 Å². The molecular formula is C28H36FN5O2. The van der Waals surface area contributed by atoms with Crippen molar-refractivity contribution >= 4 is 22.4 Å². The first-order valence-electron chi connectivity index (χ1n) is 13.0. The Hall–Kier alpha value is -2.97. The fourth-order valence-corrected chi connectivity index (χ4v) is 5.70. The average Bonchev–Trinajstić information content (AvgIpc) is 3.31. The van der Waals surface area contributed by atoms with Gasteiger partial charge in [0.15, 0.2) is 11.5 Å². The van der Waals surface area contributed by atoms with Crippen LogP contribution in [0.25, 0.3) is 10.9 Å². The molecule has 0 spiro atoms. The van der Waals surface area contributed by atoms with Crippen molar-refractivity contribution in [2.24, 2.45) is 5.92 Å². The fourth-order valence-electron chi connectivity index (χ4n) is 5.70. The summed E-state index contributed by atoms with van der Waals surface area (Å²) >= 11 is 0. The Morgan fingerprint density at radius 1 is 1.14 bits per heavy atom. The van der Waals surface area contributed by atoms with E-state index in [1.54, 1.807) is 26.2 Å². The molecule has 0 aliphatic carbocycles. The zero-order valence-corrected chi connectivity index (χ0v) is 21.5. The number of aryl methyl sites for hydroxylation is 1. The number of anilines is 2. The Bertz CT molecular complexity index is 1210. The van der Waals surface area contributed by atoms with Crippen LogP contribution in [0.15, 0.2) is 36.7 Å². The molecule has 192 valence electrons. The number of nitrogens with zero attached hydrogens (tertiary/aromatic N) is 4. The molecule has 0 bridgehead atoms. The van der Waals surface area contributed by atoms with Crippen molar-refractivity contribution in [3.8, 4) is 11.5 Å². The van der Waals surface area contributed by atoms with Gasteiger partial charge in [-0.25, -0.2) is 14.4 Å². The molecular weight excluding hydrogens is 457 g/mol. The summed E-state index contributed by atoms with van der Waals surface area (Å²) in [5.41, 5.74) is 2.08. The first-order chi connectivity index (χ1) is 17.6. The van der Waals surface area contributed by atoms with E-state index < -0.39 is 0 Å². The maximum Gasteiger partial charge on any atom is 0.162 e. The van der Waals surface area contributed by atoms with Crippen LogP contribution in [-0.2, 0) is 0 Å². The van der Waals surface area contributed by atoms with Crippen LogP contribution in [-0.4, -0.2) is 72.3 Å². The van der Waals surface area contributed by atoms with Gasteiger partial charge in [0.25, 0.3) is 0 Å². The van der Waals surface area contributed by atoms with Crippen LogP contribution in [0.4, 0.5) is 15.9 Å². The third-order valence-corrected chi connectivity index (χ3v) is 7.60. The third kappa shape index (κ3) is 5.25. The summed E-state index contributed by atoms with van der Waals surface area (Å²) in [5, 5.41) is 4.11. The van der Waals surface area contributed by atoms with Crippen LogP contribution in [0, 0.1) is 18.7 Å². The number of likely N-dealkylation sites (tertiary alicyclic amines) is 2. The first-order valence-corrected chi connectivity index (χ1v) is 13.0. The number of halogens is 1. The Kier molecular flexibility index (Phi) is 7.53. The van der Waals surface area contributed by atoms with Crippen LogP contribution in [0.2, 0.25) is 0 Å². The average molecular weight is 494 g/mol. The minimum absolute atomic E-state index is 0.232. The van der Waals surface area contributed by atoms with E-state index >= 15 is 0 Å². The van der Waals surface area contributed by atoms with Gasteiger partial charge in [-0.05, 0) is 75.0 Å². The number of ether oxygens (including phenoxy) is 2. The van der Waals surface area contributed by atoms with Gasteiger partial charge in [-0.1, -0.05) is 6.92 Å². The van der Waals surface area contributed by atoms with Gasteiger partial charge >= 0.3 is 0 Å². The molecule has 2 aromatic carbocycles. The van der Waals surface area contributed by atoms with Crippen LogP contribution in [0.3, 0.4) is 0 Å². The highest BCUT2D eigenvalue weighted by atomic mass is 19.1. The quantitative estimate of drug-likeness (QED) is 0.420. The maximum atomic E-state index is 13.7. The second-order valence-corrected chi connectivity index (χ2v) is 9.89. The lowest BCUT2D eigenvalue weighted by Gasteiger charge is -2.36. The molecule has 36 heavy (non-hydrogen) atoms. The highest BCUT2D eigenvalue weighted by Crippen LogP contribution is 2.35. The molecule has 2 atom stereocenters. The SMILES string of the molecule is CCN1CCCC2CN(CCCOc3cc4c(Nc5ccc(F)c(C)c5)ncnc4cc3OC)CC21. The largest absolute Gasteiger partial charge is 0.493 e. The van der Waals surface area contributed by atoms with Crippen molar-refractivity contribution in [1.82, 2.24) is 19.8 Å². The Labute approximate surface area is 212 Å². The number of nitrogens with one attached hydrogen (secondary N) is 1. The predicted molar refractivity (Wildman–Crippen MR) is 141 cm³/mol. The number of likely N-dealkylation sites (N-methyl/N-ethyl adjacent to an activating group) is 1. The number of hydrogen-bond donors (Lipinski definition) is 1. The lowest BCUT2D eigenvalue weighted by molar-refractivity contribution is 0.130. The molecule has 2 aliphatic rings. The van der Waals surface area contributed by atoms with Crippen LogP contribution < -0.4 is 14.8 Å². The number of fused-ring (bicyclic) bond motifs is 2. The molecule has 5 rings (SSSR count). The number of methoxy groups -OCH3 is 1. The number of hydrogen-bond acceptors (Lipinski definition) is 7. The van der Waals surface area contributed by atoms with Crippen molar-refractivity contribution < 1.29 is 13.9 Å². The molecule has 7 nitrogen and oxygen atoms in total. The van der Waals surface area contributed by atoms with E-state index in [-0.39, 0.29) is 5.82 Å². The molecule has 0 amide bonds. The lowest BCUT2D eigenvalue weighted by atomic mass is 9.92. The van der Waals surface area contributed by atoms with Crippen molar-refractivity contribution in [1.29, 1.82) is 0 Å². The van der Waals surface area contributed by atoms with Crippen molar-refractivity contribution in [2.45, 2.75) is 39.2 Å². The molecule has 2 saturated heterocycles. The molecule has 2 unspecified atom stereocenters. The van der Waals surface area contributed by atoms with Gasteiger partial charge in [0, 0.05) is 42.8 Å². The van der Waals surface area contributed by atoms with Gasteiger partial charge in [0.2, 0.25) is 0 Å². The molecule has 0 saturated carbocycles. The molecule has 3 aromatic rings. The van der Waals surface area contributed by atoms with Crippen molar-refractivity contribution in [2.75, 3.05) is 51.8 Å². The van der Waals surface area contributed by atoms with E-state index in [0.717, 1.165) is 48.1 Å². The van der Waals surface area contributed by atoms with Gasteiger partial charge in [0.1, 0.15) is 18.0 Å². The summed E-state index contributed by atoms with van der Waals surface area (Å²) in [6, 6.07) is 9.44. The summed E-state index contributed by atoms with van der Waals surface area (Å²) in [7, 11) is 1.64. The highest BCUT2D eigenvalue weighted by Gasteiger charge is 2.37. The molecule has 2 fully saturated rings. The zero-order chi connectivity index (χ0) is 25.1. The molecule has 0 radical (unpaired) electrons. The van der Waals surface area contributed by atoms with E-state index in [1.165, 1.54) is 44.9 Å². The molecule has 8 heteroatoms. The zero-order valence-electron chi connectivity index (χ0n) is 21.5. The smallest absolute Gasteiger partial charge is 0.162 e. The Balaban J connectivity index is 1.25. The molecule has 2 aliphatic heterocycles. The molecule has 1 N–H and O–H groups in total. The number of aromatic nitrogens is 2. The summed E-state index contributed by atoms with van der Waals surface area (Å²) in [5.74, 6) is 2.54. The van der Waals surface area contributed by atoms with Gasteiger partial charge < -0.3 is 19.7 Å². The second kappa shape index (κ2) is 11.0. The van der Waals surface area contributed by atoms with E-state index in [1.807, 2.05) is 12.1 Å². The normalized spacial score (nSPS) is 20.4. The third-order valence-electron chi connectivity index (χ3n) is 7.60. The minimum Gasteiger partial charge on any atom is -0.493 e.